The minimum absolute atomic E-state index is 0.721. The van der Waals surface area contributed by atoms with Crippen LogP contribution in [-0.4, -0.2) is 24.2 Å². The number of rotatable bonds is 2. The van der Waals surface area contributed by atoms with E-state index < -0.39 is 7.12 Å². The number of hydrogen-bond acceptors (Lipinski definition) is 3. The van der Waals surface area contributed by atoms with E-state index >= 15 is 0 Å². The Bertz CT molecular complexity index is 447. The first-order chi connectivity index (χ1) is 6.81. The Balaban J connectivity index is 2.51. The molecule has 1 aromatic carbocycles. The van der Waals surface area contributed by atoms with Gasteiger partial charge in [0.15, 0.2) is 0 Å². The molecule has 0 bridgehead atoms. The summed E-state index contributed by atoms with van der Waals surface area (Å²) in [7, 11) is 0.592. The summed E-state index contributed by atoms with van der Waals surface area (Å²) in [5.74, 6) is 0. The van der Waals surface area contributed by atoms with E-state index in [9.17, 15) is 5.02 Å². The van der Waals surface area contributed by atoms with Gasteiger partial charge in [-0.2, -0.15) is 0 Å². The second kappa shape index (κ2) is 3.78. The van der Waals surface area contributed by atoms with Crippen molar-refractivity contribution in [2.24, 2.45) is 0 Å². The van der Waals surface area contributed by atoms with Crippen molar-refractivity contribution < 1.29 is 9.68 Å². The third-order valence-electron chi connectivity index (χ3n) is 2.14. The molecule has 3 nitrogen and oxygen atoms in total. The van der Waals surface area contributed by atoms with E-state index in [1.807, 2.05) is 30.3 Å². The fourth-order valence-corrected chi connectivity index (χ4v) is 1.37. The third kappa shape index (κ3) is 1.62. The summed E-state index contributed by atoms with van der Waals surface area (Å²) in [5.41, 5.74) is 1.58. The van der Waals surface area contributed by atoms with Crippen molar-refractivity contribution >= 4 is 23.5 Å². The van der Waals surface area contributed by atoms with Crippen molar-refractivity contribution in [2.75, 3.05) is 7.11 Å². The summed E-state index contributed by atoms with van der Waals surface area (Å²) in [6.45, 7) is 0. The average Bonchev–Trinajstić information content (AvgIpc) is 2.27. The Morgan fingerprint density at radius 1 is 1.36 bits per heavy atom. The Labute approximate surface area is 82.5 Å². The zero-order valence-electron chi connectivity index (χ0n) is 7.84. The van der Waals surface area contributed by atoms with Crippen LogP contribution in [0.25, 0.3) is 10.9 Å². The van der Waals surface area contributed by atoms with Crippen LogP contribution in [0.3, 0.4) is 0 Å². The molecule has 0 aliphatic rings. The Morgan fingerprint density at radius 2 is 2.21 bits per heavy atom. The van der Waals surface area contributed by atoms with Crippen molar-refractivity contribution in [3.05, 3.63) is 36.5 Å². The molecule has 0 saturated carbocycles. The van der Waals surface area contributed by atoms with Gasteiger partial charge in [0.25, 0.3) is 0 Å². The zero-order chi connectivity index (χ0) is 9.97. The maximum Gasteiger partial charge on any atom is 0.491 e. The molecule has 0 radical (unpaired) electrons. The zero-order valence-corrected chi connectivity index (χ0v) is 7.84. The number of hydrogen-bond donors (Lipinski definition) is 1. The smallest absolute Gasteiger partial charge is 0.423 e. The Hall–Kier alpha value is -1.39. The minimum Gasteiger partial charge on any atom is -0.423 e. The lowest BCUT2D eigenvalue weighted by molar-refractivity contribution is 0.341. The highest BCUT2D eigenvalue weighted by Gasteiger charge is 2.14. The molecule has 1 heterocycles. The van der Waals surface area contributed by atoms with Crippen molar-refractivity contribution in [3.63, 3.8) is 0 Å². The van der Waals surface area contributed by atoms with Crippen LogP contribution in [0.1, 0.15) is 0 Å². The highest BCUT2D eigenvalue weighted by Crippen LogP contribution is 2.08. The number of pyridine rings is 1. The number of aromatic nitrogens is 1. The molecule has 70 valence electrons. The maximum atomic E-state index is 9.44. The van der Waals surface area contributed by atoms with Gasteiger partial charge in [-0.05, 0) is 17.6 Å². The summed E-state index contributed by atoms with van der Waals surface area (Å²) in [5, 5.41) is 10.5. The minimum atomic E-state index is -0.874. The van der Waals surface area contributed by atoms with Crippen LogP contribution in [-0.2, 0) is 4.65 Å². The first-order valence-electron chi connectivity index (χ1n) is 4.37. The van der Waals surface area contributed by atoms with E-state index in [0.717, 1.165) is 16.4 Å². The molecular formula is C10H10BNO2. The summed E-state index contributed by atoms with van der Waals surface area (Å²) >= 11 is 0. The number of benzene rings is 1. The van der Waals surface area contributed by atoms with E-state index in [0.29, 0.717) is 0 Å². The lowest BCUT2D eigenvalue weighted by Gasteiger charge is -2.04. The van der Waals surface area contributed by atoms with Crippen molar-refractivity contribution in [2.45, 2.75) is 0 Å². The maximum absolute atomic E-state index is 9.44. The molecule has 2 rings (SSSR count). The number of nitrogens with zero attached hydrogens (tertiary/aromatic N) is 1. The Kier molecular flexibility index (Phi) is 2.48. The molecule has 0 saturated heterocycles. The second-order valence-corrected chi connectivity index (χ2v) is 3.04. The van der Waals surface area contributed by atoms with Gasteiger partial charge in [-0.15, -0.1) is 0 Å². The van der Waals surface area contributed by atoms with Crippen LogP contribution in [0.5, 0.6) is 0 Å². The van der Waals surface area contributed by atoms with Crippen LogP contribution in [0, 0.1) is 0 Å². The van der Waals surface area contributed by atoms with E-state index in [1.165, 1.54) is 7.11 Å². The number of fused-ring (bicyclic) bond motifs is 1. The van der Waals surface area contributed by atoms with Crippen LogP contribution in [0.4, 0.5) is 0 Å². The van der Waals surface area contributed by atoms with Gasteiger partial charge in [-0.3, -0.25) is 4.98 Å². The lowest BCUT2D eigenvalue weighted by Crippen LogP contribution is -2.32. The molecular weight excluding hydrogens is 177 g/mol. The van der Waals surface area contributed by atoms with Crippen molar-refractivity contribution in [1.29, 1.82) is 0 Å². The van der Waals surface area contributed by atoms with Crippen LogP contribution in [0.15, 0.2) is 36.5 Å². The monoisotopic (exact) mass is 187 g/mol. The quantitative estimate of drug-likeness (QED) is 0.698. The van der Waals surface area contributed by atoms with Gasteiger partial charge in [0.05, 0.1) is 5.52 Å². The fraction of sp³-hybridized carbons (Fsp3) is 0.100. The fourth-order valence-electron chi connectivity index (χ4n) is 1.37. The van der Waals surface area contributed by atoms with Gasteiger partial charge in [0.2, 0.25) is 0 Å². The molecule has 2 aromatic rings. The molecule has 14 heavy (non-hydrogen) atoms. The SMILES string of the molecule is COB(O)c1ccc2cccnc2c1. The molecule has 0 unspecified atom stereocenters. The molecule has 0 fully saturated rings. The summed E-state index contributed by atoms with van der Waals surface area (Å²) in [6, 6.07) is 9.43. The van der Waals surface area contributed by atoms with Gasteiger partial charge in [-0.1, -0.05) is 18.2 Å². The molecule has 0 atom stereocenters. The van der Waals surface area contributed by atoms with E-state index in [2.05, 4.69) is 4.98 Å². The van der Waals surface area contributed by atoms with E-state index in [4.69, 9.17) is 4.65 Å². The lowest BCUT2D eigenvalue weighted by atomic mass is 9.79. The molecule has 0 spiro atoms. The molecule has 1 aromatic heterocycles. The van der Waals surface area contributed by atoms with Crippen LogP contribution < -0.4 is 5.46 Å². The molecule has 1 N–H and O–H groups in total. The third-order valence-corrected chi connectivity index (χ3v) is 2.14. The van der Waals surface area contributed by atoms with Crippen LogP contribution >= 0.6 is 0 Å². The average molecular weight is 187 g/mol. The van der Waals surface area contributed by atoms with Crippen molar-refractivity contribution in [3.8, 4) is 0 Å². The first-order valence-corrected chi connectivity index (χ1v) is 4.37. The highest BCUT2D eigenvalue weighted by molar-refractivity contribution is 6.60. The largest absolute Gasteiger partial charge is 0.491 e. The van der Waals surface area contributed by atoms with Gasteiger partial charge in [0, 0.05) is 18.7 Å². The standard InChI is InChI=1S/C10H10BNO2/c1-14-11(13)9-5-4-8-3-2-6-12-10(8)7-9/h2-7,13H,1H3. The topological polar surface area (TPSA) is 42.4 Å². The van der Waals surface area contributed by atoms with Gasteiger partial charge < -0.3 is 9.68 Å². The van der Waals surface area contributed by atoms with Crippen LogP contribution in [0.2, 0.25) is 0 Å². The normalized spacial score (nSPS) is 10.4. The Morgan fingerprint density at radius 3 is 3.00 bits per heavy atom. The molecule has 0 amide bonds. The van der Waals surface area contributed by atoms with E-state index in [-0.39, 0.29) is 0 Å². The van der Waals surface area contributed by atoms with Gasteiger partial charge in [0.1, 0.15) is 0 Å². The first kappa shape index (κ1) is 9.18. The molecule has 4 heteroatoms. The van der Waals surface area contributed by atoms with Gasteiger partial charge in [-0.25, -0.2) is 0 Å². The van der Waals surface area contributed by atoms with E-state index in [1.54, 1.807) is 6.20 Å². The summed E-state index contributed by atoms with van der Waals surface area (Å²) < 4.78 is 4.81. The van der Waals surface area contributed by atoms with Gasteiger partial charge >= 0.3 is 7.12 Å². The predicted molar refractivity (Wildman–Crippen MR) is 56.4 cm³/mol. The molecule has 0 aliphatic heterocycles. The summed E-state index contributed by atoms with van der Waals surface area (Å²) in [6.07, 6.45) is 1.73. The van der Waals surface area contributed by atoms with Crippen molar-refractivity contribution in [1.82, 2.24) is 4.98 Å². The second-order valence-electron chi connectivity index (χ2n) is 3.04. The molecule has 0 aliphatic carbocycles. The summed E-state index contributed by atoms with van der Waals surface area (Å²) in [4.78, 5) is 4.19. The predicted octanol–water partition coefficient (Wildman–Crippen LogP) is 0.569. The highest BCUT2D eigenvalue weighted by atomic mass is 16.5.